The Morgan fingerprint density at radius 1 is 1.24 bits per heavy atom. The molecule has 0 unspecified atom stereocenters. The third-order valence-electron chi connectivity index (χ3n) is 5.54. The van der Waals surface area contributed by atoms with Crippen molar-refractivity contribution in [1.82, 2.24) is 19.7 Å². The molecule has 8 nitrogen and oxygen atoms in total. The number of benzene rings is 2. The number of nitrogens with zero attached hydrogens (tertiary/aromatic N) is 3. The fourth-order valence-electron chi connectivity index (χ4n) is 3.87. The highest BCUT2D eigenvalue weighted by molar-refractivity contribution is 6.06. The Morgan fingerprint density at radius 2 is 2.15 bits per heavy atom. The van der Waals surface area contributed by atoms with Crippen molar-refractivity contribution in [2.75, 3.05) is 12.4 Å². The minimum absolute atomic E-state index is 0.238. The molecule has 0 aliphatic rings. The third kappa shape index (κ3) is 4.23. The number of nitrogens with one attached hydrogen (secondary N) is 2. The molecule has 0 aliphatic heterocycles. The molecule has 2 aromatic carbocycles. The number of aryl methyl sites for hydroxylation is 3. The van der Waals surface area contributed by atoms with Crippen LogP contribution in [0.25, 0.3) is 22.2 Å². The first-order valence-corrected chi connectivity index (χ1v) is 10.6. The van der Waals surface area contributed by atoms with E-state index in [0.717, 1.165) is 34.2 Å². The minimum Gasteiger partial charge on any atom is -0.497 e. The molecule has 0 spiro atoms. The third-order valence-corrected chi connectivity index (χ3v) is 5.54. The number of oxazole rings is 1. The first-order chi connectivity index (χ1) is 16.1. The van der Waals surface area contributed by atoms with Crippen LogP contribution < -0.4 is 10.1 Å². The molecule has 0 fully saturated rings. The Hall–Kier alpha value is -4.33. The number of hydrogen-bond acceptors (Lipinski definition) is 5. The van der Waals surface area contributed by atoms with Crippen LogP contribution in [-0.2, 0) is 13.0 Å². The van der Waals surface area contributed by atoms with E-state index < -0.39 is 0 Å². The summed E-state index contributed by atoms with van der Waals surface area (Å²) in [5.41, 5.74) is 4.95. The van der Waals surface area contributed by atoms with Gasteiger partial charge in [-0.05, 0) is 37.1 Å². The van der Waals surface area contributed by atoms with Crippen molar-refractivity contribution < 1.29 is 13.9 Å². The highest BCUT2D eigenvalue weighted by Gasteiger charge is 2.19. The van der Waals surface area contributed by atoms with Crippen LogP contribution in [0.15, 0.2) is 71.9 Å². The second-order valence-electron chi connectivity index (χ2n) is 7.82. The summed E-state index contributed by atoms with van der Waals surface area (Å²) in [5, 5.41) is 8.40. The summed E-state index contributed by atoms with van der Waals surface area (Å²) in [4.78, 5) is 20.2. The van der Waals surface area contributed by atoms with Gasteiger partial charge in [-0.1, -0.05) is 23.8 Å². The molecule has 166 valence electrons. The van der Waals surface area contributed by atoms with Crippen LogP contribution in [0.1, 0.15) is 21.6 Å². The Labute approximate surface area is 190 Å². The van der Waals surface area contributed by atoms with Crippen LogP contribution >= 0.6 is 0 Å². The lowest BCUT2D eigenvalue weighted by atomic mass is 10.1. The summed E-state index contributed by atoms with van der Waals surface area (Å²) >= 11 is 0. The number of fused-ring (bicyclic) bond motifs is 1. The van der Waals surface area contributed by atoms with Gasteiger partial charge in [0.05, 0.1) is 19.0 Å². The van der Waals surface area contributed by atoms with Gasteiger partial charge in [-0.2, -0.15) is 5.10 Å². The van der Waals surface area contributed by atoms with Crippen LogP contribution in [0.4, 0.5) is 5.69 Å². The number of ether oxygens (including phenoxy) is 1. The van der Waals surface area contributed by atoms with E-state index in [1.807, 2.05) is 60.4 Å². The fraction of sp³-hybridized carbons (Fsp3) is 0.160. The molecular weight excluding hydrogens is 418 g/mol. The number of aromatic amines is 1. The quantitative estimate of drug-likeness (QED) is 0.377. The van der Waals surface area contributed by atoms with Crippen molar-refractivity contribution in [1.29, 1.82) is 0 Å². The molecule has 33 heavy (non-hydrogen) atoms. The summed E-state index contributed by atoms with van der Waals surface area (Å²) in [7, 11) is 1.66. The van der Waals surface area contributed by atoms with Crippen molar-refractivity contribution in [3.8, 4) is 17.1 Å². The maximum absolute atomic E-state index is 12.8. The number of carbonyl (C=O) groups is 1. The highest BCUT2D eigenvalue weighted by atomic mass is 16.5. The van der Waals surface area contributed by atoms with Crippen LogP contribution in [0.5, 0.6) is 5.75 Å². The van der Waals surface area contributed by atoms with E-state index in [1.54, 1.807) is 13.3 Å². The molecule has 0 saturated heterocycles. The van der Waals surface area contributed by atoms with Crippen molar-refractivity contribution >= 4 is 22.5 Å². The zero-order valence-electron chi connectivity index (χ0n) is 18.3. The average molecular weight is 441 g/mol. The molecule has 3 heterocycles. The lowest BCUT2D eigenvalue weighted by Crippen LogP contribution is -2.13. The van der Waals surface area contributed by atoms with Gasteiger partial charge >= 0.3 is 0 Å². The van der Waals surface area contributed by atoms with Crippen molar-refractivity contribution in [2.24, 2.45) is 0 Å². The summed E-state index contributed by atoms with van der Waals surface area (Å²) < 4.78 is 12.6. The second-order valence-corrected chi connectivity index (χ2v) is 7.82. The number of amides is 1. The average Bonchev–Trinajstić information content (AvgIpc) is 3.57. The van der Waals surface area contributed by atoms with Gasteiger partial charge in [0.1, 0.15) is 5.75 Å². The molecular formula is C25H23N5O3. The van der Waals surface area contributed by atoms with Gasteiger partial charge in [0.25, 0.3) is 5.91 Å². The van der Waals surface area contributed by atoms with Gasteiger partial charge in [0.2, 0.25) is 0 Å². The van der Waals surface area contributed by atoms with Gasteiger partial charge in [0.15, 0.2) is 17.8 Å². The van der Waals surface area contributed by atoms with Gasteiger partial charge < -0.3 is 19.5 Å². The van der Waals surface area contributed by atoms with E-state index in [1.165, 1.54) is 12.0 Å². The molecule has 5 rings (SSSR count). The highest BCUT2D eigenvalue weighted by Crippen LogP contribution is 2.25. The number of methoxy groups -OCH3 is 1. The largest absolute Gasteiger partial charge is 0.497 e. The van der Waals surface area contributed by atoms with Gasteiger partial charge in [-0.3, -0.25) is 9.48 Å². The predicted molar refractivity (Wildman–Crippen MR) is 125 cm³/mol. The van der Waals surface area contributed by atoms with Crippen LogP contribution in [-0.4, -0.2) is 32.8 Å². The Kier molecular flexibility index (Phi) is 5.40. The van der Waals surface area contributed by atoms with E-state index in [-0.39, 0.29) is 11.6 Å². The zero-order chi connectivity index (χ0) is 22.8. The van der Waals surface area contributed by atoms with E-state index in [2.05, 4.69) is 26.4 Å². The minimum atomic E-state index is -0.342. The maximum Gasteiger partial charge on any atom is 0.278 e. The summed E-state index contributed by atoms with van der Waals surface area (Å²) in [5.74, 6) is 0.922. The van der Waals surface area contributed by atoms with E-state index in [9.17, 15) is 4.79 Å². The first kappa shape index (κ1) is 20.6. The number of aromatic nitrogens is 4. The molecule has 2 N–H and O–H groups in total. The first-order valence-electron chi connectivity index (χ1n) is 10.6. The Balaban J connectivity index is 1.26. The molecule has 0 bridgehead atoms. The number of hydrogen-bond donors (Lipinski definition) is 2. The van der Waals surface area contributed by atoms with Crippen molar-refractivity contribution in [2.45, 2.75) is 19.9 Å². The molecule has 0 atom stereocenters. The molecule has 0 radical (unpaired) electrons. The molecule has 0 saturated carbocycles. The predicted octanol–water partition coefficient (Wildman–Crippen LogP) is 4.83. The van der Waals surface area contributed by atoms with Crippen LogP contribution in [0.2, 0.25) is 0 Å². The lowest BCUT2D eigenvalue weighted by Gasteiger charge is -2.04. The second kappa shape index (κ2) is 8.66. The summed E-state index contributed by atoms with van der Waals surface area (Å²) in [6.07, 6.45) is 7.52. The Bertz CT molecular complexity index is 1430. The van der Waals surface area contributed by atoms with Crippen LogP contribution in [0, 0.1) is 6.92 Å². The van der Waals surface area contributed by atoms with Crippen molar-refractivity contribution in [3.05, 3.63) is 84.3 Å². The van der Waals surface area contributed by atoms with E-state index in [4.69, 9.17) is 9.15 Å². The standard InChI is InChI=1S/C25H23N5O3/c1-16-4-3-5-17(10-16)24-23(27-15-33-24)25(31)29-19-13-28-30(14-19)9-8-18-12-26-22-11-20(32-2)6-7-21(18)22/h3-7,10-15,26H,8-9H2,1-2H3,(H,29,31). The zero-order valence-corrected chi connectivity index (χ0v) is 18.3. The summed E-state index contributed by atoms with van der Waals surface area (Å²) in [6.45, 7) is 2.66. The molecule has 8 heteroatoms. The van der Waals surface area contributed by atoms with Gasteiger partial charge in [0, 0.05) is 41.5 Å². The normalized spacial score (nSPS) is 11.1. The van der Waals surface area contributed by atoms with Crippen LogP contribution in [0.3, 0.4) is 0 Å². The van der Waals surface area contributed by atoms with Gasteiger partial charge in [-0.25, -0.2) is 4.98 Å². The summed E-state index contributed by atoms with van der Waals surface area (Å²) in [6, 6.07) is 13.7. The van der Waals surface area contributed by atoms with Gasteiger partial charge in [-0.15, -0.1) is 0 Å². The molecule has 5 aromatic rings. The number of anilines is 1. The monoisotopic (exact) mass is 441 g/mol. The smallest absolute Gasteiger partial charge is 0.278 e. The van der Waals surface area contributed by atoms with E-state index in [0.29, 0.717) is 18.0 Å². The fourth-order valence-corrected chi connectivity index (χ4v) is 3.87. The molecule has 3 aromatic heterocycles. The number of H-pyrrole nitrogens is 1. The maximum atomic E-state index is 12.8. The van der Waals surface area contributed by atoms with Crippen molar-refractivity contribution in [3.63, 3.8) is 0 Å². The number of rotatable bonds is 7. The molecule has 0 aliphatic carbocycles. The van der Waals surface area contributed by atoms with E-state index >= 15 is 0 Å². The SMILES string of the molecule is COc1ccc2c(CCn3cc(NC(=O)c4ncoc4-c4cccc(C)c4)cn3)c[nH]c2c1. The number of carbonyl (C=O) groups excluding carboxylic acids is 1. The topological polar surface area (TPSA) is 98.0 Å². The Morgan fingerprint density at radius 3 is 3.00 bits per heavy atom. The lowest BCUT2D eigenvalue weighted by molar-refractivity contribution is 0.102. The molecule has 1 amide bonds.